The summed E-state index contributed by atoms with van der Waals surface area (Å²) < 4.78 is 69.1. The number of pyridine rings is 1. The molecule has 1 aromatic heterocycles. The number of hydrogen-bond donors (Lipinski definition) is 1. The maximum absolute atomic E-state index is 13.3. The molecular formula is C12H7F5N2O. The zero-order valence-corrected chi connectivity index (χ0v) is 9.71. The van der Waals surface area contributed by atoms with Crippen molar-refractivity contribution in [3.63, 3.8) is 0 Å². The van der Waals surface area contributed by atoms with Crippen LogP contribution in [0.2, 0.25) is 0 Å². The molecule has 0 unspecified atom stereocenters. The summed E-state index contributed by atoms with van der Waals surface area (Å²) in [6, 6.07) is 3.19. The Morgan fingerprint density at radius 2 is 1.80 bits per heavy atom. The molecule has 0 atom stereocenters. The highest BCUT2D eigenvalue weighted by molar-refractivity contribution is 5.50. The molecule has 1 aromatic carbocycles. The molecule has 0 radical (unpaired) electrons. The van der Waals surface area contributed by atoms with Crippen molar-refractivity contribution in [1.82, 2.24) is 4.98 Å². The first kappa shape index (κ1) is 14.0. The first-order valence-electron chi connectivity index (χ1n) is 5.23. The number of nitrogens with two attached hydrogens (primary N) is 1. The van der Waals surface area contributed by atoms with Crippen molar-refractivity contribution in [3.05, 3.63) is 47.7 Å². The van der Waals surface area contributed by atoms with Crippen molar-refractivity contribution >= 4 is 5.69 Å². The lowest BCUT2D eigenvalue weighted by atomic mass is 10.1. The number of halogens is 5. The molecule has 106 valence electrons. The summed E-state index contributed by atoms with van der Waals surface area (Å²) in [7, 11) is 0. The smallest absolute Gasteiger partial charge is 0.420 e. The van der Waals surface area contributed by atoms with Gasteiger partial charge in [0.25, 0.3) is 5.88 Å². The second-order valence-electron chi connectivity index (χ2n) is 3.80. The molecule has 0 spiro atoms. The fourth-order valence-corrected chi connectivity index (χ4v) is 1.44. The van der Waals surface area contributed by atoms with Gasteiger partial charge in [-0.25, -0.2) is 13.8 Å². The van der Waals surface area contributed by atoms with E-state index >= 15 is 0 Å². The van der Waals surface area contributed by atoms with E-state index in [-0.39, 0.29) is 5.69 Å². The lowest BCUT2D eigenvalue weighted by Crippen LogP contribution is -2.08. The molecule has 20 heavy (non-hydrogen) atoms. The average Bonchev–Trinajstić information content (AvgIpc) is 2.33. The molecule has 8 heteroatoms. The summed E-state index contributed by atoms with van der Waals surface area (Å²) in [4.78, 5) is 3.25. The normalized spacial score (nSPS) is 11.4. The van der Waals surface area contributed by atoms with Gasteiger partial charge in [-0.3, -0.25) is 0 Å². The second-order valence-corrected chi connectivity index (χ2v) is 3.80. The minimum Gasteiger partial charge on any atom is -0.436 e. The Labute approximate surface area is 109 Å². The Morgan fingerprint density at radius 1 is 1.10 bits per heavy atom. The molecule has 0 saturated heterocycles. The van der Waals surface area contributed by atoms with Crippen LogP contribution in [0, 0.1) is 11.6 Å². The highest BCUT2D eigenvalue weighted by Crippen LogP contribution is 2.39. The van der Waals surface area contributed by atoms with Crippen LogP contribution in [0.3, 0.4) is 0 Å². The number of anilines is 1. The van der Waals surface area contributed by atoms with E-state index in [1.165, 1.54) is 0 Å². The van der Waals surface area contributed by atoms with Crippen LogP contribution in [-0.2, 0) is 6.18 Å². The third-order valence-electron chi connectivity index (χ3n) is 2.29. The van der Waals surface area contributed by atoms with Crippen LogP contribution in [0.25, 0.3) is 0 Å². The van der Waals surface area contributed by atoms with Crippen LogP contribution in [-0.4, -0.2) is 4.98 Å². The van der Waals surface area contributed by atoms with Gasteiger partial charge in [-0.1, -0.05) is 0 Å². The molecule has 0 aliphatic carbocycles. The summed E-state index contributed by atoms with van der Waals surface area (Å²) in [5, 5.41) is 0. The fourth-order valence-electron chi connectivity index (χ4n) is 1.44. The molecule has 0 amide bonds. The highest BCUT2D eigenvalue weighted by Gasteiger charge is 2.35. The van der Waals surface area contributed by atoms with Crippen molar-refractivity contribution < 1.29 is 26.7 Å². The van der Waals surface area contributed by atoms with Crippen LogP contribution in [0.1, 0.15) is 5.56 Å². The van der Waals surface area contributed by atoms with Gasteiger partial charge in [-0.15, -0.1) is 0 Å². The Kier molecular flexibility index (Phi) is 3.47. The van der Waals surface area contributed by atoms with Crippen LogP contribution in [0.4, 0.5) is 27.6 Å². The fraction of sp³-hybridized carbons (Fsp3) is 0.0833. The highest BCUT2D eigenvalue weighted by atomic mass is 19.4. The summed E-state index contributed by atoms with van der Waals surface area (Å²) in [5.74, 6) is -3.62. The van der Waals surface area contributed by atoms with Gasteiger partial charge in [0.05, 0.1) is 6.20 Å². The van der Waals surface area contributed by atoms with E-state index in [1.54, 1.807) is 0 Å². The Balaban J connectivity index is 2.43. The first-order chi connectivity index (χ1) is 9.27. The Bertz CT molecular complexity index is 642. The third kappa shape index (κ3) is 2.95. The van der Waals surface area contributed by atoms with E-state index in [2.05, 4.69) is 4.98 Å². The topological polar surface area (TPSA) is 48.1 Å². The zero-order valence-electron chi connectivity index (χ0n) is 9.71. The maximum Gasteiger partial charge on any atom is 0.420 e. The standard InChI is InChI=1S/C12H7F5N2O/c13-6-3-9(14)11(19-5-6)20-10-2-1-7(18)4-8(10)12(15,16)17/h1-5H,18H2. The van der Waals surface area contributed by atoms with Crippen LogP contribution < -0.4 is 10.5 Å². The first-order valence-corrected chi connectivity index (χ1v) is 5.23. The molecular weight excluding hydrogens is 283 g/mol. The number of aromatic nitrogens is 1. The van der Waals surface area contributed by atoms with E-state index in [1.807, 2.05) is 0 Å². The van der Waals surface area contributed by atoms with E-state index < -0.39 is 35.0 Å². The molecule has 0 aliphatic rings. The van der Waals surface area contributed by atoms with Gasteiger partial charge in [0.1, 0.15) is 17.1 Å². The minimum absolute atomic E-state index is 0.128. The van der Waals surface area contributed by atoms with Gasteiger partial charge in [0.2, 0.25) is 0 Å². The summed E-state index contributed by atoms with van der Waals surface area (Å²) >= 11 is 0. The van der Waals surface area contributed by atoms with Crippen molar-refractivity contribution in [3.8, 4) is 11.6 Å². The molecule has 0 saturated carbocycles. The molecule has 0 fully saturated rings. The van der Waals surface area contributed by atoms with Gasteiger partial charge in [-0.2, -0.15) is 13.2 Å². The summed E-state index contributed by atoms with van der Waals surface area (Å²) in [5.41, 5.74) is 3.97. The number of ether oxygens (including phenoxy) is 1. The number of benzene rings is 1. The molecule has 1 heterocycles. The minimum atomic E-state index is -4.73. The van der Waals surface area contributed by atoms with Gasteiger partial charge >= 0.3 is 6.18 Å². The van der Waals surface area contributed by atoms with Crippen molar-refractivity contribution in [2.45, 2.75) is 6.18 Å². The zero-order chi connectivity index (χ0) is 14.9. The van der Waals surface area contributed by atoms with Crippen LogP contribution in [0.5, 0.6) is 11.6 Å². The lowest BCUT2D eigenvalue weighted by Gasteiger charge is -2.14. The van der Waals surface area contributed by atoms with Gasteiger partial charge < -0.3 is 10.5 Å². The van der Waals surface area contributed by atoms with Gasteiger partial charge in [-0.05, 0) is 18.2 Å². The van der Waals surface area contributed by atoms with E-state index in [0.29, 0.717) is 18.3 Å². The Hall–Kier alpha value is -2.38. The second kappa shape index (κ2) is 4.95. The molecule has 2 rings (SSSR count). The molecule has 2 N–H and O–H groups in total. The predicted molar refractivity (Wildman–Crippen MR) is 60.1 cm³/mol. The monoisotopic (exact) mass is 290 g/mol. The Morgan fingerprint density at radius 3 is 2.40 bits per heavy atom. The van der Waals surface area contributed by atoms with E-state index in [4.69, 9.17) is 10.5 Å². The SMILES string of the molecule is Nc1ccc(Oc2ncc(F)cc2F)c(C(F)(F)F)c1. The summed E-state index contributed by atoms with van der Waals surface area (Å²) in [6.07, 6.45) is -4.11. The largest absolute Gasteiger partial charge is 0.436 e. The number of rotatable bonds is 2. The van der Waals surface area contributed by atoms with Gasteiger partial charge in [0.15, 0.2) is 5.82 Å². The number of nitrogens with zero attached hydrogens (tertiary/aromatic N) is 1. The van der Waals surface area contributed by atoms with Crippen molar-refractivity contribution in [1.29, 1.82) is 0 Å². The third-order valence-corrected chi connectivity index (χ3v) is 2.29. The molecule has 2 aromatic rings. The quantitative estimate of drug-likeness (QED) is 0.677. The lowest BCUT2D eigenvalue weighted by molar-refractivity contribution is -0.138. The van der Waals surface area contributed by atoms with Crippen molar-refractivity contribution in [2.24, 2.45) is 0 Å². The van der Waals surface area contributed by atoms with Crippen LogP contribution >= 0.6 is 0 Å². The van der Waals surface area contributed by atoms with E-state index in [0.717, 1.165) is 12.1 Å². The molecule has 0 bridgehead atoms. The van der Waals surface area contributed by atoms with Crippen molar-refractivity contribution in [2.75, 3.05) is 5.73 Å². The van der Waals surface area contributed by atoms with Gasteiger partial charge in [0, 0.05) is 11.8 Å². The summed E-state index contributed by atoms with van der Waals surface area (Å²) in [6.45, 7) is 0. The maximum atomic E-state index is 13.3. The molecule has 3 nitrogen and oxygen atoms in total. The van der Waals surface area contributed by atoms with E-state index in [9.17, 15) is 22.0 Å². The number of nitrogen functional groups attached to an aromatic ring is 1. The number of hydrogen-bond acceptors (Lipinski definition) is 3. The average molecular weight is 290 g/mol. The number of alkyl halides is 3. The van der Waals surface area contributed by atoms with Crippen LogP contribution in [0.15, 0.2) is 30.5 Å². The molecule has 0 aliphatic heterocycles. The predicted octanol–water partition coefficient (Wildman–Crippen LogP) is 3.75.